The van der Waals surface area contributed by atoms with Crippen molar-refractivity contribution in [1.82, 2.24) is 19.2 Å². The molecule has 6 heteroatoms. The van der Waals surface area contributed by atoms with Gasteiger partial charge in [-0.25, -0.2) is 4.98 Å². The minimum atomic E-state index is 0.0877. The van der Waals surface area contributed by atoms with Crippen molar-refractivity contribution in [1.29, 1.82) is 0 Å². The van der Waals surface area contributed by atoms with Crippen molar-refractivity contribution in [3.05, 3.63) is 36.3 Å². The predicted octanol–water partition coefficient (Wildman–Crippen LogP) is 2.05. The number of fused-ring (bicyclic) bond motifs is 1. The number of piperidine rings is 1. The average Bonchev–Trinajstić information content (AvgIpc) is 3.00. The second kappa shape index (κ2) is 7.54. The van der Waals surface area contributed by atoms with Crippen LogP contribution in [0.25, 0.3) is 5.65 Å². The van der Waals surface area contributed by atoms with Gasteiger partial charge in [0.05, 0.1) is 11.7 Å². The maximum Gasteiger partial charge on any atom is 0.255 e. The van der Waals surface area contributed by atoms with E-state index < -0.39 is 0 Å². The summed E-state index contributed by atoms with van der Waals surface area (Å²) in [5.74, 6) is 0.0877. The molecule has 2 saturated heterocycles. The highest BCUT2D eigenvalue weighted by atomic mass is 16.5. The monoisotopic (exact) mass is 342 g/mol. The zero-order valence-corrected chi connectivity index (χ0v) is 14.6. The molecule has 0 saturated carbocycles. The summed E-state index contributed by atoms with van der Waals surface area (Å²) in [7, 11) is 0. The van der Waals surface area contributed by atoms with Crippen molar-refractivity contribution in [3.63, 3.8) is 0 Å². The Morgan fingerprint density at radius 3 is 2.92 bits per heavy atom. The highest BCUT2D eigenvalue weighted by molar-refractivity contribution is 5.94. The minimum Gasteiger partial charge on any atom is -0.375 e. The van der Waals surface area contributed by atoms with Crippen LogP contribution in [0.4, 0.5) is 0 Å². The molecule has 1 atom stereocenters. The fraction of sp³-hybridized carbons (Fsp3) is 0.579. The molecule has 4 heterocycles. The topological polar surface area (TPSA) is 50.1 Å². The molecule has 134 valence electrons. The average molecular weight is 342 g/mol. The van der Waals surface area contributed by atoms with Crippen LogP contribution >= 0.6 is 0 Å². The van der Waals surface area contributed by atoms with E-state index in [1.54, 1.807) is 6.20 Å². The third-order valence-corrected chi connectivity index (χ3v) is 5.18. The number of ether oxygens (including phenoxy) is 1. The molecular weight excluding hydrogens is 316 g/mol. The molecule has 6 nitrogen and oxygen atoms in total. The highest BCUT2D eigenvalue weighted by Crippen LogP contribution is 2.15. The van der Waals surface area contributed by atoms with Gasteiger partial charge in [-0.15, -0.1) is 0 Å². The number of pyridine rings is 1. The zero-order chi connectivity index (χ0) is 17.1. The first-order valence-electron chi connectivity index (χ1n) is 9.35. The van der Waals surface area contributed by atoms with Gasteiger partial charge in [0, 0.05) is 44.8 Å². The molecule has 2 aromatic heterocycles. The number of amides is 1. The van der Waals surface area contributed by atoms with Crippen molar-refractivity contribution in [2.24, 2.45) is 0 Å². The van der Waals surface area contributed by atoms with Gasteiger partial charge in [0.25, 0.3) is 5.91 Å². The molecule has 0 radical (unpaired) electrons. The smallest absolute Gasteiger partial charge is 0.255 e. The van der Waals surface area contributed by atoms with Gasteiger partial charge in [-0.2, -0.15) is 0 Å². The normalized spacial score (nSPS) is 22.9. The number of hydrogen-bond acceptors (Lipinski definition) is 4. The summed E-state index contributed by atoms with van der Waals surface area (Å²) in [6.45, 7) is 5.43. The Kier molecular flexibility index (Phi) is 4.99. The van der Waals surface area contributed by atoms with Crippen molar-refractivity contribution >= 4 is 11.6 Å². The van der Waals surface area contributed by atoms with Crippen molar-refractivity contribution in [2.45, 2.75) is 31.8 Å². The molecule has 2 fully saturated rings. The Hall–Kier alpha value is -1.92. The lowest BCUT2D eigenvalue weighted by atomic mass is 10.1. The first-order valence-corrected chi connectivity index (χ1v) is 9.35. The van der Waals surface area contributed by atoms with E-state index in [1.165, 1.54) is 19.3 Å². The number of imidazole rings is 1. The Bertz CT molecular complexity index is 723. The summed E-state index contributed by atoms with van der Waals surface area (Å²) in [6.07, 6.45) is 10.4. The van der Waals surface area contributed by atoms with E-state index in [2.05, 4.69) is 9.88 Å². The number of aromatic nitrogens is 2. The molecule has 1 amide bonds. The van der Waals surface area contributed by atoms with Crippen LogP contribution in [0.15, 0.2) is 30.7 Å². The number of hydrogen-bond donors (Lipinski definition) is 0. The second-order valence-corrected chi connectivity index (χ2v) is 7.07. The van der Waals surface area contributed by atoms with E-state index in [0.717, 1.165) is 44.9 Å². The van der Waals surface area contributed by atoms with Crippen LogP contribution in [0.1, 0.15) is 36.0 Å². The maximum atomic E-state index is 13.0. The molecule has 2 aliphatic heterocycles. The number of carbonyl (C=O) groups excluding carboxylic acids is 1. The van der Waals surface area contributed by atoms with E-state index in [-0.39, 0.29) is 12.0 Å². The Morgan fingerprint density at radius 2 is 2.04 bits per heavy atom. The fourth-order valence-electron chi connectivity index (χ4n) is 3.85. The van der Waals surface area contributed by atoms with Crippen LogP contribution in [0, 0.1) is 0 Å². The lowest BCUT2D eigenvalue weighted by Gasteiger charge is -2.31. The van der Waals surface area contributed by atoms with Gasteiger partial charge in [0.15, 0.2) is 0 Å². The minimum absolute atomic E-state index is 0.0877. The molecule has 4 rings (SSSR count). The maximum absolute atomic E-state index is 13.0. The standard InChI is InChI=1S/C19H26N4O2/c24-19(16-5-6-18-20-7-11-22(18)13-16)23-10-4-12-25-17(15-23)14-21-8-2-1-3-9-21/h5-7,11,13,17H,1-4,8-10,12,14-15H2/t17-/m0/s1. The lowest BCUT2D eigenvalue weighted by Crippen LogP contribution is -2.43. The first kappa shape index (κ1) is 16.5. The first-order chi connectivity index (χ1) is 12.3. The van der Waals surface area contributed by atoms with Crippen LogP contribution in [0.5, 0.6) is 0 Å². The molecule has 0 N–H and O–H groups in total. The van der Waals surface area contributed by atoms with Gasteiger partial charge in [0.2, 0.25) is 0 Å². The van der Waals surface area contributed by atoms with E-state index in [4.69, 9.17) is 4.74 Å². The zero-order valence-electron chi connectivity index (χ0n) is 14.6. The second-order valence-electron chi connectivity index (χ2n) is 7.07. The number of carbonyl (C=O) groups is 1. The van der Waals surface area contributed by atoms with E-state index in [0.29, 0.717) is 12.1 Å². The third kappa shape index (κ3) is 3.85. The molecule has 0 aromatic carbocycles. The largest absolute Gasteiger partial charge is 0.375 e. The number of rotatable bonds is 3. The van der Waals surface area contributed by atoms with Crippen LogP contribution in [-0.2, 0) is 4.74 Å². The van der Waals surface area contributed by atoms with Gasteiger partial charge in [-0.05, 0) is 44.5 Å². The lowest BCUT2D eigenvalue weighted by molar-refractivity contribution is 0.0216. The van der Waals surface area contributed by atoms with Crippen LogP contribution in [0.2, 0.25) is 0 Å². The summed E-state index contributed by atoms with van der Waals surface area (Å²) in [4.78, 5) is 21.7. The summed E-state index contributed by atoms with van der Waals surface area (Å²) < 4.78 is 7.92. The number of likely N-dealkylation sites (tertiary alicyclic amines) is 1. The Morgan fingerprint density at radius 1 is 1.16 bits per heavy atom. The van der Waals surface area contributed by atoms with E-state index >= 15 is 0 Å². The predicted molar refractivity (Wildman–Crippen MR) is 95.7 cm³/mol. The van der Waals surface area contributed by atoms with Crippen LogP contribution in [0.3, 0.4) is 0 Å². The molecule has 0 unspecified atom stereocenters. The summed E-state index contributed by atoms with van der Waals surface area (Å²) in [6, 6.07) is 3.77. The molecule has 0 aliphatic carbocycles. The molecular formula is C19H26N4O2. The van der Waals surface area contributed by atoms with Gasteiger partial charge >= 0.3 is 0 Å². The SMILES string of the molecule is O=C(c1ccc2nccn2c1)N1CCCO[C@@H](CN2CCCCC2)C1. The number of nitrogens with zero attached hydrogens (tertiary/aromatic N) is 4. The van der Waals surface area contributed by atoms with Gasteiger partial charge in [-0.3, -0.25) is 4.79 Å². The Balaban J connectivity index is 1.44. The summed E-state index contributed by atoms with van der Waals surface area (Å²) in [5.41, 5.74) is 1.57. The molecule has 0 spiro atoms. The van der Waals surface area contributed by atoms with E-state index in [1.807, 2.05) is 33.8 Å². The van der Waals surface area contributed by atoms with Crippen molar-refractivity contribution in [2.75, 3.05) is 39.3 Å². The molecule has 25 heavy (non-hydrogen) atoms. The van der Waals surface area contributed by atoms with Crippen molar-refractivity contribution < 1.29 is 9.53 Å². The molecule has 0 bridgehead atoms. The van der Waals surface area contributed by atoms with Crippen LogP contribution in [-0.4, -0.2) is 70.5 Å². The Labute approximate surface area is 148 Å². The molecule has 2 aromatic rings. The summed E-state index contributed by atoms with van der Waals surface area (Å²) >= 11 is 0. The molecule has 2 aliphatic rings. The van der Waals surface area contributed by atoms with Gasteiger partial charge in [-0.1, -0.05) is 6.42 Å². The highest BCUT2D eigenvalue weighted by Gasteiger charge is 2.25. The fourth-order valence-corrected chi connectivity index (χ4v) is 3.85. The van der Waals surface area contributed by atoms with E-state index in [9.17, 15) is 4.79 Å². The van der Waals surface area contributed by atoms with Gasteiger partial charge < -0.3 is 18.9 Å². The van der Waals surface area contributed by atoms with Crippen LogP contribution < -0.4 is 0 Å². The van der Waals surface area contributed by atoms with Crippen molar-refractivity contribution in [3.8, 4) is 0 Å². The summed E-state index contributed by atoms with van der Waals surface area (Å²) in [5, 5.41) is 0. The third-order valence-electron chi connectivity index (χ3n) is 5.18. The van der Waals surface area contributed by atoms with Gasteiger partial charge in [0.1, 0.15) is 5.65 Å². The quantitative estimate of drug-likeness (QED) is 0.857.